The number of aryl methyl sites for hydroxylation is 2. The summed E-state index contributed by atoms with van der Waals surface area (Å²) in [5.74, 6) is 1.31. The monoisotopic (exact) mass is 393 g/mol. The molecule has 0 bridgehead atoms. The van der Waals surface area contributed by atoms with E-state index >= 15 is 0 Å². The summed E-state index contributed by atoms with van der Waals surface area (Å²) < 4.78 is 20.7. The van der Waals surface area contributed by atoms with Crippen LogP contribution in [-0.2, 0) is 0 Å². The molecule has 0 saturated carbocycles. The number of para-hydroxylation sites is 1. The molecule has 0 fully saturated rings. The number of rotatable bonds is 5. The number of hydrogen-bond acceptors (Lipinski definition) is 6. The van der Waals surface area contributed by atoms with Gasteiger partial charge >= 0.3 is 0 Å². The largest absolute Gasteiger partial charge is 0.439 e. The Morgan fingerprint density at radius 3 is 2.54 bits per heavy atom. The Balaban J connectivity index is 1.61. The van der Waals surface area contributed by atoms with Crippen molar-refractivity contribution in [1.29, 1.82) is 0 Å². The standard InChI is InChI=1S/C20H16FN5OS/c1-13-5-3-4-6-17(13)26-14(2)24-25-20(26)28-19-22-12-11-18(23-19)27-16-9-7-15(21)8-10-16/h3-12H,1-2H3. The van der Waals surface area contributed by atoms with Gasteiger partial charge in [0.2, 0.25) is 11.0 Å². The molecule has 8 heteroatoms. The highest BCUT2D eigenvalue weighted by Gasteiger charge is 2.15. The summed E-state index contributed by atoms with van der Waals surface area (Å²) in [6.45, 7) is 3.94. The van der Waals surface area contributed by atoms with E-state index in [1.54, 1.807) is 24.4 Å². The fraction of sp³-hybridized carbons (Fsp3) is 0.100. The van der Waals surface area contributed by atoms with Crippen molar-refractivity contribution in [3.05, 3.63) is 78.0 Å². The third-order valence-corrected chi connectivity index (χ3v) is 4.80. The van der Waals surface area contributed by atoms with Crippen LogP contribution in [0.1, 0.15) is 11.4 Å². The number of nitrogens with zero attached hydrogens (tertiary/aromatic N) is 5. The smallest absolute Gasteiger partial charge is 0.223 e. The number of ether oxygens (including phenoxy) is 1. The summed E-state index contributed by atoms with van der Waals surface area (Å²) in [4.78, 5) is 8.69. The lowest BCUT2D eigenvalue weighted by Crippen LogP contribution is -2.02. The quantitative estimate of drug-likeness (QED) is 0.456. The van der Waals surface area contributed by atoms with E-state index < -0.39 is 0 Å². The van der Waals surface area contributed by atoms with Gasteiger partial charge in [-0.05, 0) is 61.5 Å². The van der Waals surface area contributed by atoms with Crippen LogP contribution >= 0.6 is 11.8 Å². The summed E-state index contributed by atoms with van der Waals surface area (Å²) in [5.41, 5.74) is 2.12. The van der Waals surface area contributed by atoms with Gasteiger partial charge in [0.25, 0.3) is 0 Å². The molecule has 0 unspecified atom stereocenters. The second-order valence-electron chi connectivity index (χ2n) is 5.99. The normalized spacial score (nSPS) is 10.8. The molecular weight excluding hydrogens is 377 g/mol. The number of aromatic nitrogens is 5. The van der Waals surface area contributed by atoms with Crippen molar-refractivity contribution in [3.63, 3.8) is 0 Å². The second-order valence-corrected chi connectivity index (χ2v) is 6.92. The van der Waals surface area contributed by atoms with Crippen molar-refractivity contribution in [1.82, 2.24) is 24.7 Å². The van der Waals surface area contributed by atoms with E-state index in [-0.39, 0.29) is 5.82 Å². The van der Waals surface area contributed by atoms with E-state index in [1.807, 2.05) is 42.7 Å². The average Bonchev–Trinajstić information content (AvgIpc) is 3.04. The summed E-state index contributed by atoms with van der Waals surface area (Å²) in [7, 11) is 0. The van der Waals surface area contributed by atoms with Gasteiger partial charge in [0.15, 0.2) is 5.16 Å². The van der Waals surface area contributed by atoms with E-state index in [1.165, 1.54) is 23.9 Å². The van der Waals surface area contributed by atoms with Gasteiger partial charge in [0.1, 0.15) is 17.4 Å². The molecule has 6 nitrogen and oxygen atoms in total. The molecule has 28 heavy (non-hydrogen) atoms. The molecule has 2 aromatic heterocycles. The molecular formula is C20H16FN5OS. The van der Waals surface area contributed by atoms with Crippen molar-refractivity contribution in [2.75, 3.05) is 0 Å². The van der Waals surface area contributed by atoms with E-state index in [2.05, 4.69) is 20.2 Å². The number of hydrogen-bond donors (Lipinski definition) is 0. The van der Waals surface area contributed by atoms with Crippen LogP contribution in [0.15, 0.2) is 71.1 Å². The molecule has 0 aliphatic carbocycles. The number of halogens is 1. The van der Waals surface area contributed by atoms with Crippen LogP contribution in [0.5, 0.6) is 11.6 Å². The van der Waals surface area contributed by atoms with E-state index in [0.29, 0.717) is 21.9 Å². The Bertz CT molecular complexity index is 1110. The first-order valence-corrected chi connectivity index (χ1v) is 9.34. The Hall–Kier alpha value is -3.26. The van der Waals surface area contributed by atoms with Crippen molar-refractivity contribution in [2.24, 2.45) is 0 Å². The Morgan fingerprint density at radius 2 is 1.75 bits per heavy atom. The minimum atomic E-state index is -0.322. The highest BCUT2D eigenvalue weighted by molar-refractivity contribution is 7.99. The second kappa shape index (κ2) is 7.77. The lowest BCUT2D eigenvalue weighted by atomic mass is 10.2. The topological polar surface area (TPSA) is 65.7 Å². The van der Waals surface area contributed by atoms with Crippen LogP contribution in [0.25, 0.3) is 5.69 Å². The molecule has 4 aromatic rings. The SMILES string of the molecule is Cc1ccccc1-n1c(C)nnc1Sc1nccc(Oc2ccc(F)cc2)n1. The average molecular weight is 393 g/mol. The lowest BCUT2D eigenvalue weighted by molar-refractivity contribution is 0.454. The Kier molecular flexibility index (Phi) is 5.03. The van der Waals surface area contributed by atoms with E-state index in [9.17, 15) is 4.39 Å². The predicted octanol–water partition coefficient (Wildman–Crippen LogP) is 4.76. The zero-order chi connectivity index (χ0) is 19.5. The first-order valence-electron chi connectivity index (χ1n) is 8.52. The maximum Gasteiger partial charge on any atom is 0.223 e. The van der Waals surface area contributed by atoms with Gasteiger partial charge in [-0.3, -0.25) is 4.57 Å². The van der Waals surface area contributed by atoms with Crippen molar-refractivity contribution in [3.8, 4) is 17.3 Å². The summed E-state index contributed by atoms with van der Waals surface area (Å²) in [6, 6.07) is 15.4. The molecule has 2 heterocycles. The molecule has 0 radical (unpaired) electrons. The lowest BCUT2D eigenvalue weighted by Gasteiger charge is -2.11. The van der Waals surface area contributed by atoms with Crippen LogP contribution < -0.4 is 4.74 Å². The van der Waals surface area contributed by atoms with Gasteiger partial charge in [0.05, 0.1) is 5.69 Å². The first-order chi connectivity index (χ1) is 13.6. The van der Waals surface area contributed by atoms with Crippen molar-refractivity contribution in [2.45, 2.75) is 24.2 Å². The molecule has 0 aliphatic heterocycles. The molecule has 0 N–H and O–H groups in total. The zero-order valence-corrected chi connectivity index (χ0v) is 16.0. The maximum absolute atomic E-state index is 13.0. The minimum Gasteiger partial charge on any atom is -0.439 e. The molecule has 0 saturated heterocycles. The first kappa shape index (κ1) is 18.1. The van der Waals surface area contributed by atoms with Gasteiger partial charge in [-0.1, -0.05) is 18.2 Å². The minimum absolute atomic E-state index is 0.322. The van der Waals surface area contributed by atoms with E-state index in [4.69, 9.17) is 4.74 Å². The predicted molar refractivity (Wildman–Crippen MR) is 103 cm³/mol. The van der Waals surface area contributed by atoms with Gasteiger partial charge in [-0.25, -0.2) is 9.37 Å². The van der Waals surface area contributed by atoms with Crippen LogP contribution in [0, 0.1) is 19.7 Å². The maximum atomic E-state index is 13.0. The Labute approximate surface area is 165 Å². The van der Waals surface area contributed by atoms with Crippen molar-refractivity contribution < 1.29 is 9.13 Å². The highest BCUT2D eigenvalue weighted by atomic mass is 32.2. The third kappa shape index (κ3) is 3.86. The molecule has 4 rings (SSSR count). The Morgan fingerprint density at radius 1 is 0.964 bits per heavy atom. The molecule has 140 valence electrons. The van der Waals surface area contributed by atoms with E-state index in [0.717, 1.165) is 17.1 Å². The summed E-state index contributed by atoms with van der Waals surface area (Å²) >= 11 is 1.29. The van der Waals surface area contributed by atoms with Crippen LogP contribution in [-0.4, -0.2) is 24.7 Å². The fourth-order valence-corrected chi connectivity index (χ4v) is 3.45. The molecule has 0 aliphatic rings. The number of benzene rings is 2. The van der Waals surface area contributed by atoms with Crippen molar-refractivity contribution >= 4 is 11.8 Å². The summed E-state index contributed by atoms with van der Waals surface area (Å²) in [5, 5.41) is 9.60. The zero-order valence-electron chi connectivity index (χ0n) is 15.2. The van der Waals surface area contributed by atoms with Gasteiger partial charge in [-0.2, -0.15) is 4.98 Å². The highest BCUT2D eigenvalue weighted by Crippen LogP contribution is 2.29. The van der Waals surface area contributed by atoms with Gasteiger partial charge in [-0.15, -0.1) is 10.2 Å². The molecule has 0 amide bonds. The summed E-state index contributed by atoms with van der Waals surface area (Å²) in [6.07, 6.45) is 1.61. The molecule has 2 aromatic carbocycles. The van der Waals surface area contributed by atoms with Gasteiger partial charge < -0.3 is 4.74 Å². The molecule has 0 spiro atoms. The van der Waals surface area contributed by atoms with Gasteiger partial charge in [0, 0.05) is 12.3 Å². The van der Waals surface area contributed by atoms with Crippen LogP contribution in [0.4, 0.5) is 4.39 Å². The van der Waals surface area contributed by atoms with Crippen LogP contribution in [0.2, 0.25) is 0 Å². The third-order valence-electron chi connectivity index (χ3n) is 3.98. The fourth-order valence-electron chi connectivity index (χ4n) is 2.64. The van der Waals surface area contributed by atoms with Crippen LogP contribution in [0.3, 0.4) is 0 Å². The molecule has 0 atom stereocenters.